The van der Waals surface area contributed by atoms with Crippen LogP contribution in [0.25, 0.3) is 5.76 Å². The number of aryl methyl sites for hydroxylation is 1. The molecule has 0 bridgehead atoms. The number of benzene rings is 3. The van der Waals surface area contributed by atoms with Crippen LogP contribution in [0, 0.1) is 0 Å². The van der Waals surface area contributed by atoms with E-state index in [1.165, 1.54) is 4.90 Å². The maximum absolute atomic E-state index is 13.7. The molecule has 0 aromatic heterocycles. The van der Waals surface area contributed by atoms with Crippen molar-refractivity contribution in [1.29, 1.82) is 0 Å². The van der Waals surface area contributed by atoms with E-state index in [0.717, 1.165) is 47.6 Å². The van der Waals surface area contributed by atoms with Crippen LogP contribution >= 0.6 is 0 Å². The second-order valence-electron chi connectivity index (χ2n) is 11.3. The van der Waals surface area contributed by atoms with E-state index in [2.05, 4.69) is 46.4 Å². The zero-order chi connectivity index (χ0) is 29.9. The first-order chi connectivity index (χ1) is 19.5. The van der Waals surface area contributed by atoms with Crippen molar-refractivity contribution in [2.45, 2.75) is 66.3 Å². The third-order valence-corrected chi connectivity index (χ3v) is 7.77. The Balaban J connectivity index is 1.92. The van der Waals surface area contributed by atoms with E-state index in [4.69, 9.17) is 4.74 Å². The Labute approximate surface area is 244 Å². The molecule has 3 aromatic rings. The minimum absolute atomic E-state index is 0.0779. The van der Waals surface area contributed by atoms with Gasteiger partial charge in [-0.05, 0) is 86.2 Å². The van der Waals surface area contributed by atoms with Gasteiger partial charge in [0.15, 0.2) is 0 Å². The van der Waals surface area contributed by atoms with Gasteiger partial charge in [-0.15, -0.1) is 0 Å². The maximum atomic E-state index is 13.7. The smallest absolute Gasteiger partial charge is 0.300 e. The van der Waals surface area contributed by atoms with E-state index in [1.807, 2.05) is 67.6 Å². The first-order valence-electron chi connectivity index (χ1n) is 14.6. The van der Waals surface area contributed by atoms with Gasteiger partial charge in [0.05, 0.1) is 18.2 Å². The Kier molecular flexibility index (Phi) is 8.91. The predicted octanol–water partition coefficient (Wildman–Crippen LogP) is 7.42. The molecule has 1 unspecified atom stereocenters. The second-order valence-corrected chi connectivity index (χ2v) is 11.3. The van der Waals surface area contributed by atoms with E-state index in [1.54, 1.807) is 6.07 Å². The number of amides is 1. The van der Waals surface area contributed by atoms with Crippen LogP contribution in [0.2, 0.25) is 0 Å². The zero-order valence-electron chi connectivity index (χ0n) is 25.3. The van der Waals surface area contributed by atoms with Gasteiger partial charge in [-0.1, -0.05) is 52.0 Å². The molecule has 216 valence electrons. The molecular weight excluding hydrogens is 512 g/mol. The molecule has 6 heteroatoms. The van der Waals surface area contributed by atoms with Gasteiger partial charge in [-0.25, -0.2) is 0 Å². The predicted molar refractivity (Wildman–Crippen MR) is 167 cm³/mol. The third kappa shape index (κ3) is 5.88. The summed E-state index contributed by atoms with van der Waals surface area (Å²) in [6, 6.07) is 20.3. The Morgan fingerprint density at radius 3 is 2.07 bits per heavy atom. The van der Waals surface area contributed by atoms with Crippen molar-refractivity contribution in [2.24, 2.45) is 0 Å². The molecule has 6 nitrogen and oxygen atoms in total. The van der Waals surface area contributed by atoms with Gasteiger partial charge in [-0.2, -0.15) is 0 Å². The Hall–Kier alpha value is -4.06. The molecule has 4 rings (SSSR count). The van der Waals surface area contributed by atoms with Crippen LogP contribution in [0.1, 0.15) is 76.8 Å². The third-order valence-electron chi connectivity index (χ3n) is 7.77. The van der Waals surface area contributed by atoms with Crippen LogP contribution in [0.15, 0.2) is 72.3 Å². The molecule has 0 spiro atoms. The number of anilines is 2. The lowest BCUT2D eigenvalue weighted by Crippen LogP contribution is -2.29. The number of aliphatic hydroxyl groups excluding tert-OH is 1. The number of hydrogen-bond donors (Lipinski definition) is 1. The summed E-state index contributed by atoms with van der Waals surface area (Å²) < 4.78 is 5.86. The molecule has 0 aliphatic carbocycles. The second kappa shape index (κ2) is 12.2. The Morgan fingerprint density at radius 2 is 1.54 bits per heavy atom. The van der Waals surface area contributed by atoms with Crippen molar-refractivity contribution in [3.63, 3.8) is 0 Å². The van der Waals surface area contributed by atoms with Crippen molar-refractivity contribution < 1.29 is 19.4 Å². The maximum Gasteiger partial charge on any atom is 0.300 e. The van der Waals surface area contributed by atoms with Crippen LogP contribution < -0.4 is 14.5 Å². The number of aliphatic hydroxyl groups is 1. The highest BCUT2D eigenvalue weighted by molar-refractivity contribution is 6.51. The van der Waals surface area contributed by atoms with Gasteiger partial charge < -0.3 is 14.7 Å². The number of nitrogens with zero attached hydrogens (tertiary/aromatic N) is 2. The van der Waals surface area contributed by atoms with E-state index in [9.17, 15) is 14.7 Å². The Morgan fingerprint density at radius 1 is 0.902 bits per heavy atom. The van der Waals surface area contributed by atoms with Gasteiger partial charge in [0.25, 0.3) is 11.7 Å². The summed E-state index contributed by atoms with van der Waals surface area (Å²) in [4.78, 5) is 31.1. The van der Waals surface area contributed by atoms with Crippen molar-refractivity contribution in [3.8, 4) is 5.75 Å². The SMILES string of the molecule is CCOc1ccc(/C(O)=C2/C(=O)C(=O)N(c3ccc(CC)cc3)C2c2ccc(N(CC)CC)cc2)cc1C(C)(C)C. The highest BCUT2D eigenvalue weighted by atomic mass is 16.5. The molecule has 1 aliphatic heterocycles. The average Bonchev–Trinajstić information content (AvgIpc) is 3.23. The minimum Gasteiger partial charge on any atom is -0.507 e. The normalized spacial score (nSPS) is 16.8. The molecule has 3 aromatic carbocycles. The first kappa shape index (κ1) is 29.9. The van der Waals surface area contributed by atoms with Crippen LogP contribution in [0.4, 0.5) is 11.4 Å². The number of ether oxygens (including phenoxy) is 1. The number of carbonyl (C=O) groups is 2. The van der Waals surface area contributed by atoms with Crippen molar-refractivity contribution in [3.05, 3.63) is 94.6 Å². The zero-order valence-corrected chi connectivity index (χ0v) is 25.3. The van der Waals surface area contributed by atoms with Crippen molar-refractivity contribution >= 4 is 28.8 Å². The lowest BCUT2D eigenvalue weighted by atomic mass is 9.84. The summed E-state index contributed by atoms with van der Waals surface area (Å²) in [5.74, 6) is -0.819. The number of hydrogen-bond acceptors (Lipinski definition) is 5. The molecule has 0 radical (unpaired) electrons. The summed E-state index contributed by atoms with van der Waals surface area (Å²) in [5.41, 5.74) is 4.75. The van der Waals surface area contributed by atoms with E-state index in [0.29, 0.717) is 17.9 Å². The topological polar surface area (TPSA) is 70.1 Å². The van der Waals surface area contributed by atoms with Crippen LogP contribution in [-0.2, 0) is 21.4 Å². The molecule has 1 amide bonds. The summed E-state index contributed by atoms with van der Waals surface area (Å²) in [6.45, 7) is 16.7. The molecule has 1 heterocycles. The van der Waals surface area contributed by atoms with Gasteiger partial charge in [0.2, 0.25) is 0 Å². The number of rotatable bonds is 9. The molecule has 1 fully saturated rings. The largest absolute Gasteiger partial charge is 0.507 e. The molecular formula is C35H42N2O4. The summed E-state index contributed by atoms with van der Waals surface area (Å²) in [7, 11) is 0. The fraction of sp³-hybridized carbons (Fsp3) is 0.371. The monoisotopic (exact) mass is 554 g/mol. The lowest BCUT2D eigenvalue weighted by molar-refractivity contribution is -0.132. The standard InChI is InChI=1S/C35H42N2O4/c1-8-23-12-17-27(18-13-23)37-31(24-14-19-26(20-15-24)36(9-2)10-3)30(33(39)34(37)40)32(38)25-16-21-29(41-11-4)28(22-25)35(5,6)7/h12-22,31,38H,8-11H2,1-7H3/b32-30-. The number of ketones is 1. The summed E-state index contributed by atoms with van der Waals surface area (Å²) in [5, 5.41) is 11.7. The van der Waals surface area contributed by atoms with Gasteiger partial charge in [-0.3, -0.25) is 14.5 Å². The first-order valence-corrected chi connectivity index (χ1v) is 14.6. The van der Waals surface area contributed by atoms with E-state index in [-0.39, 0.29) is 16.7 Å². The quantitative estimate of drug-likeness (QED) is 0.169. The lowest BCUT2D eigenvalue weighted by Gasteiger charge is -2.27. The minimum atomic E-state index is -0.780. The highest BCUT2D eigenvalue weighted by Gasteiger charge is 2.47. The van der Waals surface area contributed by atoms with Crippen LogP contribution in [-0.4, -0.2) is 36.5 Å². The van der Waals surface area contributed by atoms with E-state index < -0.39 is 17.7 Å². The van der Waals surface area contributed by atoms with E-state index >= 15 is 0 Å². The fourth-order valence-corrected chi connectivity index (χ4v) is 5.46. The van der Waals surface area contributed by atoms with Crippen LogP contribution in [0.3, 0.4) is 0 Å². The molecule has 1 aliphatic rings. The summed E-state index contributed by atoms with van der Waals surface area (Å²) in [6.07, 6.45) is 0.864. The number of Topliss-reactive ketones (excluding diaryl/α,β-unsaturated/α-hetero) is 1. The molecule has 1 atom stereocenters. The van der Waals surface area contributed by atoms with Crippen molar-refractivity contribution in [2.75, 3.05) is 29.5 Å². The Bertz CT molecular complexity index is 1430. The molecule has 1 saturated heterocycles. The van der Waals surface area contributed by atoms with Gasteiger partial charge in [0, 0.05) is 35.6 Å². The average molecular weight is 555 g/mol. The van der Waals surface area contributed by atoms with Crippen LogP contribution in [0.5, 0.6) is 5.75 Å². The van der Waals surface area contributed by atoms with Crippen molar-refractivity contribution in [1.82, 2.24) is 0 Å². The molecule has 41 heavy (non-hydrogen) atoms. The number of carbonyl (C=O) groups excluding carboxylic acids is 2. The van der Waals surface area contributed by atoms with Gasteiger partial charge >= 0.3 is 0 Å². The summed E-state index contributed by atoms with van der Waals surface area (Å²) >= 11 is 0. The van der Waals surface area contributed by atoms with Gasteiger partial charge in [0.1, 0.15) is 11.5 Å². The fourth-order valence-electron chi connectivity index (χ4n) is 5.46. The highest BCUT2D eigenvalue weighted by Crippen LogP contribution is 2.43. The molecule has 1 N–H and O–H groups in total. The molecule has 0 saturated carbocycles.